The Morgan fingerprint density at radius 2 is 1.84 bits per heavy atom. The second-order valence-electron chi connectivity index (χ2n) is 8.84. The van der Waals surface area contributed by atoms with Gasteiger partial charge in [0.15, 0.2) is 5.78 Å². The third-order valence-electron chi connectivity index (χ3n) is 8.10. The van der Waals surface area contributed by atoms with Crippen molar-refractivity contribution in [3.8, 4) is 0 Å². The third kappa shape index (κ3) is 2.03. The van der Waals surface area contributed by atoms with E-state index in [4.69, 9.17) is 0 Å². The molecule has 0 bridgehead atoms. The van der Waals surface area contributed by atoms with Gasteiger partial charge in [-0.05, 0) is 61.7 Å². The quantitative estimate of drug-likeness (QED) is 0.623. The van der Waals surface area contributed by atoms with E-state index in [0.717, 1.165) is 42.6 Å². The van der Waals surface area contributed by atoms with Crippen molar-refractivity contribution < 1.29 is 14.0 Å². The Hall–Kier alpha value is -0.900. The fraction of sp³-hybridized carbons (Fsp3) is 0.714. The fourth-order valence-electron chi connectivity index (χ4n) is 6.68. The molecule has 2 nitrogen and oxygen atoms in total. The van der Waals surface area contributed by atoms with Gasteiger partial charge in [-0.1, -0.05) is 20.4 Å². The molecule has 6 atom stereocenters. The molecule has 0 radical (unpaired) electrons. The van der Waals surface area contributed by atoms with Crippen LogP contribution in [-0.2, 0) is 9.59 Å². The normalized spacial score (nSPS) is 46.8. The summed E-state index contributed by atoms with van der Waals surface area (Å²) in [6.45, 7) is 7.98. The average molecular weight is 363 g/mol. The summed E-state index contributed by atoms with van der Waals surface area (Å²) in [7, 11) is 0. The Balaban J connectivity index is 1.81. The lowest BCUT2D eigenvalue weighted by molar-refractivity contribution is -0.133. The van der Waals surface area contributed by atoms with Crippen LogP contribution < -0.4 is 0 Å². The van der Waals surface area contributed by atoms with Crippen molar-refractivity contribution in [3.05, 3.63) is 22.6 Å². The van der Waals surface area contributed by atoms with Crippen LogP contribution in [0.3, 0.4) is 0 Å². The minimum Gasteiger partial charge on any atom is -0.299 e. The number of alkyl halides is 1. The van der Waals surface area contributed by atoms with Crippen LogP contribution in [0.5, 0.6) is 0 Å². The highest BCUT2D eigenvalue weighted by atomic mass is 32.2. The molecule has 0 heterocycles. The first-order valence-electron chi connectivity index (χ1n) is 9.45. The molecule has 0 aliphatic heterocycles. The van der Waals surface area contributed by atoms with Crippen molar-refractivity contribution in [2.75, 3.05) is 6.26 Å². The Morgan fingerprint density at radius 3 is 2.52 bits per heavy atom. The lowest BCUT2D eigenvalue weighted by atomic mass is 9.46. The molecule has 0 unspecified atom stereocenters. The number of ketones is 2. The van der Waals surface area contributed by atoms with Gasteiger partial charge in [0.1, 0.15) is 12.0 Å². The van der Waals surface area contributed by atoms with Gasteiger partial charge in [0, 0.05) is 22.8 Å². The SMILES string of the molecule is C=C1C(=O)C(SC)=C2CC[C@@H]3[C@H](CC[C@]4(C)C(=O)CC[C@@H]34)[C@@]2(C)[C@@H]1F. The molecule has 0 N–H and O–H groups in total. The maximum absolute atomic E-state index is 15.5. The van der Waals surface area contributed by atoms with Gasteiger partial charge in [-0.25, -0.2) is 4.39 Å². The summed E-state index contributed by atoms with van der Waals surface area (Å²) >= 11 is 1.45. The Kier molecular flexibility index (Phi) is 3.89. The van der Waals surface area contributed by atoms with Crippen LogP contribution >= 0.6 is 11.8 Å². The summed E-state index contributed by atoms with van der Waals surface area (Å²) in [5.74, 6) is 1.20. The Morgan fingerprint density at radius 1 is 1.12 bits per heavy atom. The third-order valence-corrected chi connectivity index (χ3v) is 8.94. The van der Waals surface area contributed by atoms with Crippen LogP contribution in [-0.4, -0.2) is 24.0 Å². The zero-order valence-electron chi connectivity index (χ0n) is 15.4. The first kappa shape index (κ1) is 17.5. The molecule has 3 fully saturated rings. The van der Waals surface area contributed by atoms with Crippen molar-refractivity contribution in [1.29, 1.82) is 0 Å². The monoisotopic (exact) mass is 362 g/mol. The molecule has 4 rings (SSSR count). The predicted molar refractivity (Wildman–Crippen MR) is 99.0 cm³/mol. The molecular formula is C21H27FO2S. The molecule has 0 spiro atoms. The van der Waals surface area contributed by atoms with E-state index in [0.29, 0.717) is 24.0 Å². The molecule has 0 aromatic heterocycles. The number of thioether (sulfide) groups is 1. The largest absolute Gasteiger partial charge is 0.299 e. The number of hydrogen-bond donors (Lipinski definition) is 0. The number of fused-ring (bicyclic) bond motifs is 5. The van der Waals surface area contributed by atoms with Crippen LogP contribution in [0.1, 0.15) is 52.4 Å². The van der Waals surface area contributed by atoms with Gasteiger partial charge in [-0.3, -0.25) is 9.59 Å². The molecule has 136 valence electrons. The molecule has 0 aromatic rings. The van der Waals surface area contributed by atoms with Crippen molar-refractivity contribution in [1.82, 2.24) is 0 Å². The molecule has 25 heavy (non-hydrogen) atoms. The minimum absolute atomic E-state index is 0.132. The summed E-state index contributed by atoms with van der Waals surface area (Å²) in [5, 5.41) is 0. The zero-order chi connectivity index (χ0) is 18.1. The summed E-state index contributed by atoms with van der Waals surface area (Å²) < 4.78 is 15.5. The number of rotatable bonds is 1. The summed E-state index contributed by atoms with van der Waals surface area (Å²) in [6.07, 6.45) is 5.78. The van der Waals surface area contributed by atoms with Crippen LogP contribution in [0.4, 0.5) is 4.39 Å². The van der Waals surface area contributed by atoms with E-state index in [-0.39, 0.29) is 22.7 Å². The number of halogens is 1. The van der Waals surface area contributed by atoms with E-state index < -0.39 is 11.6 Å². The first-order chi connectivity index (χ1) is 11.8. The molecule has 4 aliphatic carbocycles. The van der Waals surface area contributed by atoms with E-state index >= 15 is 4.39 Å². The summed E-state index contributed by atoms with van der Waals surface area (Å²) in [5.41, 5.74) is 0.333. The minimum atomic E-state index is -1.29. The van der Waals surface area contributed by atoms with Gasteiger partial charge in [0.25, 0.3) is 0 Å². The maximum Gasteiger partial charge on any atom is 0.197 e. The van der Waals surface area contributed by atoms with Crippen molar-refractivity contribution in [3.63, 3.8) is 0 Å². The molecular weight excluding hydrogens is 335 g/mol. The van der Waals surface area contributed by atoms with E-state index in [2.05, 4.69) is 13.5 Å². The number of allylic oxidation sites excluding steroid dienone is 2. The smallest absolute Gasteiger partial charge is 0.197 e. The lowest BCUT2D eigenvalue weighted by Crippen LogP contribution is -2.55. The Labute approximate surface area is 153 Å². The zero-order valence-corrected chi connectivity index (χ0v) is 16.2. The second-order valence-corrected chi connectivity index (χ2v) is 9.66. The van der Waals surface area contributed by atoms with Crippen molar-refractivity contribution in [2.24, 2.45) is 28.6 Å². The molecule has 4 heteroatoms. The fourth-order valence-corrected chi connectivity index (χ4v) is 7.57. The second kappa shape index (κ2) is 5.55. The van der Waals surface area contributed by atoms with Gasteiger partial charge >= 0.3 is 0 Å². The van der Waals surface area contributed by atoms with E-state index in [9.17, 15) is 9.59 Å². The maximum atomic E-state index is 15.5. The molecule has 3 saturated carbocycles. The van der Waals surface area contributed by atoms with Crippen molar-refractivity contribution in [2.45, 2.75) is 58.5 Å². The summed E-state index contributed by atoms with van der Waals surface area (Å²) in [6, 6.07) is 0. The Bertz CT molecular complexity index is 711. The number of carbonyl (C=O) groups excluding carboxylic acids is 2. The average Bonchev–Trinajstić information content (AvgIpc) is 2.90. The van der Waals surface area contributed by atoms with E-state index in [1.165, 1.54) is 11.8 Å². The van der Waals surface area contributed by atoms with Gasteiger partial charge in [-0.2, -0.15) is 0 Å². The summed E-state index contributed by atoms with van der Waals surface area (Å²) in [4.78, 5) is 25.7. The van der Waals surface area contributed by atoms with Crippen LogP contribution in [0.25, 0.3) is 0 Å². The van der Waals surface area contributed by atoms with E-state index in [1.807, 2.05) is 13.2 Å². The van der Waals surface area contributed by atoms with E-state index in [1.54, 1.807) is 0 Å². The van der Waals surface area contributed by atoms with Crippen molar-refractivity contribution >= 4 is 23.3 Å². The van der Waals surface area contributed by atoms with Crippen LogP contribution in [0.2, 0.25) is 0 Å². The van der Waals surface area contributed by atoms with Gasteiger partial charge in [0.05, 0.1) is 4.91 Å². The van der Waals surface area contributed by atoms with Gasteiger partial charge in [-0.15, -0.1) is 11.8 Å². The number of carbonyl (C=O) groups is 2. The topological polar surface area (TPSA) is 34.1 Å². The standard InChI is InChI=1S/C21H27FO2S/c1-11-17(24)18(25-4)15-6-5-12-13-7-8-16(23)20(13,2)10-9-14(12)21(15,3)19(11)22/h12-14,19H,1,5-10H2,2-4H3/t12-,13-,14-,19+,20-,21+/m0/s1. The van der Waals surface area contributed by atoms with Crippen LogP contribution in [0.15, 0.2) is 22.6 Å². The van der Waals surface area contributed by atoms with Gasteiger partial charge < -0.3 is 0 Å². The molecule has 0 amide bonds. The number of hydrogen-bond acceptors (Lipinski definition) is 3. The highest BCUT2D eigenvalue weighted by Crippen LogP contribution is 2.66. The lowest BCUT2D eigenvalue weighted by Gasteiger charge is -2.58. The molecule has 4 aliphatic rings. The predicted octanol–water partition coefficient (Wildman–Crippen LogP) is 4.89. The highest BCUT2D eigenvalue weighted by molar-refractivity contribution is 8.03. The highest BCUT2D eigenvalue weighted by Gasteiger charge is 2.62. The van der Waals surface area contributed by atoms with Gasteiger partial charge in [0.2, 0.25) is 0 Å². The van der Waals surface area contributed by atoms with Crippen LogP contribution in [0, 0.1) is 28.6 Å². The molecule has 0 saturated heterocycles. The molecule has 0 aromatic carbocycles. The first-order valence-corrected chi connectivity index (χ1v) is 10.7. The number of Topliss-reactive ketones (excluding diaryl/α,β-unsaturated/α-hetero) is 2.